The molecular weight excluding hydrogens is 175 g/mol. The number of rotatable bonds is 1. The highest BCUT2D eigenvalue weighted by Crippen LogP contribution is 2.24. The van der Waals surface area contributed by atoms with Crippen LogP contribution in [0.1, 0.15) is 30.9 Å². The van der Waals surface area contributed by atoms with Crippen molar-refractivity contribution in [1.82, 2.24) is 0 Å². The summed E-state index contributed by atoms with van der Waals surface area (Å²) in [5.74, 6) is 0.0239. The molecule has 0 saturated carbocycles. The summed E-state index contributed by atoms with van der Waals surface area (Å²) in [7, 11) is 0. The van der Waals surface area contributed by atoms with Crippen LogP contribution in [-0.4, -0.2) is 0 Å². The fraction of sp³-hybridized carbons (Fsp3) is 0.400. The summed E-state index contributed by atoms with van der Waals surface area (Å²) >= 11 is 5.68. The van der Waals surface area contributed by atoms with E-state index in [1.807, 2.05) is 26.8 Å². The van der Waals surface area contributed by atoms with Crippen LogP contribution >= 0.6 is 11.6 Å². The van der Waals surface area contributed by atoms with Crippen molar-refractivity contribution >= 4 is 11.6 Å². The van der Waals surface area contributed by atoms with Crippen LogP contribution in [0.3, 0.4) is 0 Å². The second-order valence-corrected chi connectivity index (χ2v) is 3.67. The predicted molar refractivity (Wildman–Crippen MR) is 50.2 cm³/mol. The minimum absolute atomic E-state index is 0.236. The van der Waals surface area contributed by atoms with Gasteiger partial charge in [0.15, 0.2) is 0 Å². The molecule has 0 amide bonds. The Labute approximate surface area is 77.4 Å². The van der Waals surface area contributed by atoms with E-state index < -0.39 is 0 Å². The molecule has 0 radical (unpaired) electrons. The van der Waals surface area contributed by atoms with E-state index in [4.69, 9.17) is 11.6 Å². The third kappa shape index (κ3) is 1.78. The molecule has 0 aliphatic heterocycles. The molecule has 0 unspecified atom stereocenters. The van der Waals surface area contributed by atoms with Crippen molar-refractivity contribution in [2.24, 2.45) is 0 Å². The highest BCUT2D eigenvalue weighted by atomic mass is 35.5. The van der Waals surface area contributed by atoms with E-state index in [-0.39, 0.29) is 10.8 Å². The molecule has 1 aromatic carbocycles. The van der Waals surface area contributed by atoms with Gasteiger partial charge in [0.05, 0.1) is 5.02 Å². The molecule has 0 aliphatic rings. The van der Waals surface area contributed by atoms with Gasteiger partial charge in [0.1, 0.15) is 5.82 Å². The number of benzene rings is 1. The summed E-state index contributed by atoms with van der Waals surface area (Å²) in [6.45, 7) is 5.88. The Hall–Kier alpha value is -0.560. The largest absolute Gasteiger partial charge is 0.205 e. The molecular formula is C10H12ClF. The molecule has 0 nitrogen and oxygen atoms in total. The summed E-state index contributed by atoms with van der Waals surface area (Å²) in [4.78, 5) is 0. The maximum atomic E-state index is 13.1. The monoisotopic (exact) mass is 186 g/mol. The Morgan fingerprint density at radius 1 is 1.33 bits per heavy atom. The van der Waals surface area contributed by atoms with Crippen LogP contribution in [0.2, 0.25) is 5.02 Å². The van der Waals surface area contributed by atoms with Gasteiger partial charge in [0, 0.05) is 0 Å². The standard InChI is InChI=1S/C10H12ClF/c1-6(2)8-4-7(3)10(11)9(12)5-8/h4-6H,1-3H3. The second kappa shape index (κ2) is 3.44. The van der Waals surface area contributed by atoms with Gasteiger partial charge in [-0.25, -0.2) is 4.39 Å². The SMILES string of the molecule is Cc1cc(C(C)C)cc(F)c1Cl. The van der Waals surface area contributed by atoms with E-state index in [9.17, 15) is 4.39 Å². The molecule has 1 aromatic rings. The smallest absolute Gasteiger partial charge is 0.142 e. The summed E-state index contributed by atoms with van der Waals surface area (Å²) in [5, 5.41) is 0.236. The van der Waals surface area contributed by atoms with Crippen molar-refractivity contribution in [2.45, 2.75) is 26.7 Å². The number of halogens is 2. The topological polar surface area (TPSA) is 0 Å². The zero-order valence-electron chi connectivity index (χ0n) is 7.49. The van der Waals surface area contributed by atoms with Gasteiger partial charge in [-0.15, -0.1) is 0 Å². The number of aryl methyl sites for hydroxylation is 1. The minimum atomic E-state index is -0.319. The lowest BCUT2D eigenvalue weighted by atomic mass is 10.0. The number of hydrogen-bond acceptors (Lipinski definition) is 0. The average molecular weight is 187 g/mol. The van der Waals surface area contributed by atoms with Gasteiger partial charge in [0.2, 0.25) is 0 Å². The molecule has 0 N–H and O–H groups in total. The van der Waals surface area contributed by atoms with Gasteiger partial charge in [0.25, 0.3) is 0 Å². The zero-order valence-corrected chi connectivity index (χ0v) is 8.24. The van der Waals surface area contributed by atoms with Crippen LogP contribution in [0.5, 0.6) is 0 Å². The van der Waals surface area contributed by atoms with E-state index in [0.717, 1.165) is 11.1 Å². The Morgan fingerprint density at radius 2 is 1.92 bits per heavy atom. The number of hydrogen-bond donors (Lipinski definition) is 0. The van der Waals surface area contributed by atoms with E-state index >= 15 is 0 Å². The Bertz CT molecular complexity index is 269. The van der Waals surface area contributed by atoms with Crippen LogP contribution in [0, 0.1) is 12.7 Å². The molecule has 0 aromatic heterocycles. The van der Waals surface area contributed by atoms with Crippen molar-refractivity contribution in [3.8, 4) is 0 Å². The average Bonchev–Trinajstić information content (AvgIpc) is 1.99. The summed E-state index contributed by atoms with van der Waals surface area (Å²) in [6, 6.07) is 3.43. The summed E-state index contributed by atoms with van der Waals surface area (Å²) < 4.78 is 13.1. The third-order valence-corrected chi connectivity index (χ3v) is 2.38. The third-order valence-electron chi connectivity index (χ3n) is 1.90. The lowest BCUT2D eigenvalue weighted by Gasteiger charge is -2.08. The predicted octanol–water partition coefficient (Wildman–Crippen LogP) is 3.91. The maximum absolute atomic E-state index is 13.1. The Balaban J connectivity index is 3.21. The van der Waals surface area contributed by atoms with Gasteiger partial charge < -0.3 is 0 Å². The molecule has 0 fully saturated rings. The fourth-order valence-corrected chi connectivity index (χ4v) is 1.20. The van der Waals surface area contributed by atoms with Crippen molar-refractivity contribution in [3.63, 3.8) is 0 Å². The molecule has 66 valence electrons. The molecule has 0 spiro atoms. The van der Waals surface area contributed by atoms with Gasteiger partial charge in [-0.05, 0) is 30.0 Å². The molecule has 0 saturated heterocycles. The van der Waals surface area contributed by atoms with Gasteiger partial charge in [-0.3, -0.25) is 0 Å². The van der Waals surface area contributed by atoms with Crippen molar-refractivity contribution in [2.75, 3.05) is 0 Å². The first-order chi connectivity index (χ1) is 5.52. The van der Waals surface area contributed by atoms with E-state index in [0.29, 0.717) is 5.92 Å². The van der Waals surface area contributed by atoms with E-state index in [1.54, 1.807) is 0 Å². The molecule has 1 rings (SSSR count). The fourth-order valence-electron chi connectivity index (χ4n) is 1.09. The highest BCUT2D eigenvalue weighted by Gasteiger charge is 2.07. The summed E-state index contributed by atoms with van der Waals surface area (Å²) in [6.07, 6.45) is 0. The second-order valence-electron chi connectivity index (χ2n) is 3.29. The van der Waals surface area contributed by atoms with Crippen LogP contribution in [0.25, 0.3) is 0 Å². The molecule has 0 aliphatic carbocycles. The Kier molecular flexibility index (Phi) is 2.73. The first-order valence-electron chi connectivity index (χ1n) is 3.98. The lowest BCUT2D eigenvalue weighted by molar-refractivity contribution is 0.622. The molecule has 12 heavy (non-hydrogen) atoms. The Morgan fingerprint density at radius 3 is 2.33 bits per heavy atom. The molecule has 0 atom stereocenters. The van der Waals surface area contributed by atoms with Crippen LogP contribution < -0.4 is 0 Å². The van der Waals surface area contributed by atoms with Crippen molar-refractivity contribution in [3.05, 3.63) is 34.1 Å². The highest BCUT2D eigenvalue weighted by molar-refractivity contribution is 6.31. The minimum Gasteiger partial charge on any atom is -0.205 e. The van der Waals surface area contributed by atoms with Crippen LogP contribution in [0.15, 0.2) is 12.1 Å². The molecule has 2 heteroatoms. The van der Waals surface area contributed by atoms with Gasteiger partial charge in [-0.1, -0.05) is 31.5 Å². The first kappa shape index (κ1) is 9.53. The quantitative estimate of drug-likeness (QED) is 0.624. The van der Waals surface area contributed by atoms with E-state index in [1.165, 1.54) is 6.07 Å². The summed E-state index contributed by atoms with van der Waals surface area (Å²) in [5.41, 5.74) is 1.80. The van der Waals surface area contributed by atoms with E-state index in [2.05, 4.69) is 0 Å². The maximum Gasteiger partial charge on any atom is 0.142 e. The van der Waals surface area contributed by atoms with Crippen molar-refractivity contribution in [1.29, 1.82) is 0 Å². The van der Waals surface area contributed by atoms with Gasteiger partial charge in [-0.2, -0.15) is 0 Å². The van der Waals surface area contributed by atoms with Crippen LogP contribution in [0.4, 0.5) is 4.39 Å². The molecule has 0 heterocycles. The van der Waals surface area contributed by atoms with Gasteiger partial charge >= 0.3 is 0 Å². The molecule has 0 bridgehead atoms. The van der Waals surface area contributed by atoms with Crippen molar-refractivity contribution < 1.29 is 4.39 Å². The van der Waals surface area contributed by atoms with Crippen LogP contribution in [-0.2, 0) is 0 Å². The zero-order chi connectivity index (χ0) is 9.30. The lowest BCUT2D eigenvalue weighted by Crippen LogP contribution is -1.91. The first-order valence-corrected chi connectivity index (χ1v) is 4.35. The normalized spacial score (nSPS) is 10.8.